The standard InChI is InChI=1S/C9H10N2.C5H9I2N.Pt/c1-10-7-11(2)9-6-4-3-5-8(9)10;6-8(7)5-3-1-2-4-5;/h3-6H,1-2H3;5H,1-4H2;. The molecular formula is C14H19I2N3Pt. The summed E-state index contributed by atoms with van der Waals surface area (Å²) in [5, 5.41) is 0. The topological polar surface area (TPSA) is 13.1 Å². The van der Waals surface area contributed by atoms with Gasteiger partial charge in [0, 0.05) is 51.8 Å². The molecule has 0 saturated heterocycles. The zero-order valence-corrected chi connectivity index (χ0v) is 18.2. The minimum absolute atomic E-state index is 0.871. The van der Waals surface area contributed by atoms with Crippen LogP contribution in [0.25, 0.3) is 11.0 Å². The molecule has 1 aromatic heterocycles. The van der Waals surface area contributed by atoms with Crippen molar-refractivity contribution >= 4 is 56.8 Å². The first-order valence-electron chi connectivity index (χ1n) is 6.69. The summed E-state index contributed by atoms with van der Waals surface area (Å²) in [5.41, 5.74) is 2.56. The molecule has 1 fully saturated rings. The molecule has 0 atom stereocenters. The predicted octanol–water partition coefficient (Wildman–Crippen LogP) is 4.53. The van der Waals surface area contributed by atoms with E-state index in [2.05, 4.69) is 114 Å². The van der Waals surface area contributed by atoms with Crippen molar-refractivity contribution in [2.45, 2.75) is 31.7 Å². The number of halogens is 2. The van der Waals surface area contributed by atoms with Crippen molar-refractivity contribution in [1.82, 2.24) is 10.5 Å². The van der Waals surface area contributed by atoms with Crippen molar-refractivity contribution in [1.29, 1.82) is 0 Å². The molecular weight excluding hydrogens is 659 g/mol. The molecule has 0 spiro atoms. The van der Waals surface area contributed by atoms with E-state index in [1.54, 1.807) is 0 Å². The maximum absolute atomic E-state index is 2.36. The van der Waals surface area contributed by atoms with Crippen LogP contribution in [0.1, 0.15) is 25.7 Å². The molecule has 1 aliphatic rings. The Labute approximate surface area is 159 Å². The first-order chi connectivity index (χ1) is 9.52. The zero-order chi connectivity index (χ0) is 14.7. The largest absolute Gasteiger partial charge is 0.185 e. The first kappa shape index (κ1) is 17.2. The molecule has 1 saturated carbocycles. The van der Waals surface area contributed by atoms with Gasteiger partial charge in [-0.3, -0.25) is 0 Å². The number of aryl methyl sites for hydroxylation is 2. The maximum Gasteiger partial charge on any atom is 0.0311 e. The second kappa shape index (κ2) is 7.88. The third kappa shape index (κ3) is 3.96. The molecule has 114 valence electrons. The Balaban J connectivity index is 0.000000160. The summed E-state index contributed by atoms with van der Waals surface area (Å²) in [5.74, 6) is 0. The third-order valence-corrected chi connectivity index (χ3v) is 6.82. The number of fused-ring (bicyclic) bond motifs is 1. The van der Waals surface area contributed by atoms with Crippen LogP contribution in [-0.4, -0.2) is 16.5 Å². The number of para-hydroxylation sites is 2. The molecule has 0 amide bonds. The second-order valence-electron chi connectivity index (χ2n) is 5.05. The normalized spacial score (nSPS) is 15.8. The van der Waals surface area contributed by atoms with E-state index < -0.39 is 0 Å². The van der Waals surface area contributed by atoms with Gasteiger partial charge in [-0.1, -0.05) is 12.8 Å². The molecule has 3 rings (SSSR count). The van der Waals surface area contributed by atoms with Crippen molar-refractivity contribution in [3.63, 3.8) is 0 Å². The Morgan fingerprint density at radius 2 is 1.50 bits per heavy atom. The van der Waals surface area contributed by atoms with E-state index in [0.717, 1.165) is 6.04 Å². The van der Waals surface area contributed by atoms with Crippen LogP contribution in [-0.2, 0) is 33.4 Å². The van der Waals surface area contributed by atoms with Gasteiger partial charge in [0.15, 0.2) is 0 Å². The number of hydrogen-bond donors (Lipinski definition) is 0. The Kier molecular flexibility index (Phi) is 6.76. The molecule has 1 aliphatic carbocycles. The molecule has 6 heteroatoms. The van der Waals surface area contributed by atoms with Crippen LogP contribution in [0.3, 0.4) is 0 Å². The SMILES string of the molecule is Cn1[c](=[Pt])n(C)c2ccccc21.IN(I)C1CCCC1. The minimum Gasteiger partial charge on any atom is -0.185 e. The molecule has 1 aromatic carbocycles. The Bertz CT molecular complexity index is 585. The van der Waals surface area contributed by atoms with Crippen LogP contribution in [0.15, 0.2) is 24.3 Å². The van der Waals surface area contributed by atoms with E-state index >= 15 is 0 Å². The maximum atomic E-state index is 2.36. The van der Waals surface area contributed by atoms with Crippen molar-refractivity contribution in [2.24, 2.45) is 14.1 Å². The van der Waals surface area contributed by atoms with E-state index in [9.17, 15) is 0 Å². The van der Waals surface area contributed by atoms with Crippen LogP contribution < -0.4 is 0 Å². The molecule has 20 heavy (non-hydrogen) atoms. The number of imidazole rings is 1. The zero-order valence-electron chi connectivity index (χ0n) is 11.6. The Morgan fingerprint density at radius 1 is 1.05 bits per heavy atom. The summed E-state index contributed by atoms with van der Waals surface area (Å²) in [6, 6.07) is 9.28. The molecule has 0 unspecified atom stereocenters. The van der Waals surface area contributed by atoms with Crippen molar-refractivity contribution in [3.8, 4) is 0 Å². The van der Waals surface area contributed by atoms with Gasteiger partial charge in [0.2, 0.25) is 0 Å². The first-order valence-corrected chi connectivity index (χ1v) is 9.75. The number of hydrogen-bond acceptors (Lipinski definition) is 1. The number of rotatable bonds is 1. The van der Waals surface area contributed by atoms with E-state index in [4.69, 9.17) is 0 Å². The molecule has 2 aromatic rings. The Morgan fingerprint density at radius 3 is 1.85 bits per heavy atom. The summed E-state index contributed by atoms with van der Waals surface area (Å²) in [6.45, 7) is 0. The van der Waals surface area contributed by atoms with E-state index in [0.29, 0.717) is 0 Å². The van der Waals surface area contributed by atoms with Gasteiger partial charge in [-0.05, 0) is 12.8 Å². The van der Waals surface area contributed by atoms with Gasteiger partial charge >= 0.3 is 81.7 Å². The minimum atomic E-state index is 0.871. The predicted molar refractivity (Wildman–Crippen MR) is 97.3 cm³/mol. The quantitative estimate of drug-likeness (QED) is 0.320. The summed E-state index contributed by atoms with van der Waals surface area (Å²) in [4.78, 5) is 0. The number of benzene rings is 1. The summed E-state index contributed by atoms with van der Waals surface area (Å²) in [7, 11) is 4.18. The van der Waals surface area contributed by atoms with Gasteiger partial charge in [0.25, 0.3) is 0 Å². The van der Waals surface area contributed by atoms with Gasteiger partial charge in [-0.2, -0.15) is 1.33 Å². The summed E-state index contributed by atoms with van der Waals surface area (Å²) >= 11 is 7.06. The van der Waals surface area contributed by atoms with E-state index in [-0.39, 0.29) is 0 Å². The van der Waals surface area contributed by atoms with Gasteiger partial charge < -0.3 is 0 Å². The molecule has 0 aliphatic heterocycles. The van der Waals surface area contributed by atoms with Crippen LogP contribution in [0.4, 0.5) is 0 Å². The van der Waals surface area contributed by atoms with Gasteiger partial charge in [0.05, 0.1) is 0 Å². The van der Waals surface area contributed by atoms with Crippen LogP contribution in [0.2, 0.25) is 0 Å². The van der Waals surface area contributed by atoms with E-state index in [1.165, 1.54) is 40.5 Å². The van der Waals surface area contributed by atoms with Crippen molar-refractivity contribution < 1.29 is 19.4 Å². The monoisotopic (exact) mass is 678 g/mol. The molecule has 0 N–H and O–H groups in total. The Hall–Kier alpha value is 0.798. The second-order valence-corrected chi connectivity index (χ2v) is 9.99. The molecule has 1 heterocycles. The van der Waals surface area contributed by atoms with Crippen LogP contribution in [0.5, 0.6) is 0 Å². The fourth-order valence-corrected chi connectivity index (χ4v) is 4.20. The molecule has 3 nitrogen and oxygen atoms in total. The fraction of sp³-hybridized carbons (Fsp3) is 0.500. The van der Waals surface area contributed by atoms with Crippen molar-refractivity contribution in [3.05, 3.63) is 28.1 Å². The van der Waals surface area contributed by atoms with Crippen LogP contribution >= 0.6 is 45.7 Å². The molecule has 0 bridgehead atoms. The summed E-state index contributed by atoms with van der Waals surface area (Å²) < 4.78 is 7.91. The van der Waals surface area contributed by atoms with Gasteiger partial charge in [-0.15, -0.1) is 0 Å². The van der Waals surface area contributed by atoms with Gasteiger partial charge in [-0.25, -0.2) is 0 Å². The van der Waals surface area contributed by atoms with Gasteiger partial charge in [0.1, 0.15) is 0 Å². The average molecular weight is 678 g/mol. The van der Waals surface area contributed by atoms with Crippen LogP contribution in [0, 0.1) is 3.80 Å². The number of aromatic nitrogens is 2. The smallest absolute Gasteiger partial charge is 0.0311 e. The molecule has 0 radical (unpaired) electrons. The number of nitrogens with zero attached hydrogens (tertiary/aromatic N) is 3. The van der Waals surface area contributed by atoms with E-state index in [1.807, 2.05) is 0 Å². The van der Waals surface area contributed by atoms with Crippen molar-refractivity contribution in [2.75, 3.05) is 0 Å². The summed E-state index contributed by atoms with van der Waals surface area (Å²) in [6.07, 6.45) is 5.69. The average Bonchev–Trinajstić information content (AvgIpc) is 3.06. The fourth-order valence-electron chi connectivity index (χ4n) is 2.54. The third-order valence-electron chi connectivity index (χ3n) is 3.72.